The van der Waals surface area contributed by atoms with Gasteiger partial charge < -0.3 is 15.3 Å². The second kappa shape index (κ2) is 7.41. The molecule has 2 N–H and O–H groups in total. The van der Waals surface area contributed by atoms with E-state index in [4.69, 9.17) is 0 Å². The van der Waals surface area contributed by atoms with Gasteiger partial charge in [0.2, 0.25) is 0 Å². The summed E-state index contributed by atoms with van der Waals surface area (Å²) in [4.78, 5) is 18.4. The Labute approximate surface area is 126 Å². The van der Waals surface area contributed by atoms with Crippen LogP contribution in [0, 0.1) is 6.92 Å². The molecule has 0 aliphatic heterocycles. The predicted molar refractivity (Wildman–Crippen MR) is 83.3 cm³/mol. The number of nitrogens with one attached hydrogen (secondary N) is 1. The summed E-state index contributed by atoms with van der Waals surface area (Å²) in [6.07, 6.45) is 8.43. The third kappa shape index (κ3) is 4.43. The highest BCUT2D eigenvalue weighted by Crippen LogP contribution is 2.24. The van der Waals surface area contributed by atoms with Crippen LogP contribution in [0.15, 0.2) is 18.5 Å². The Morgan fingerprint density at radius 3 is 2.81 bits per heavy atom. The highest BCUT2D eigenvalue weighted by atomic mass is 16.3. The maximum absolute atomic E-state index is 12.6. The molecule has 1 aromatic heterocycles. The molecule has 0 saturated heterocycles. The first-order valence-electron chi connectivity index (χ1n) is 7.74. The molecule has 0 radical (unpaired) electrons. The number of aliphatic hydroxyl groups excluding tert-OH is 1. The summed E-state index contributed by atoms with van der Waals surface area (Å²) in [5, 5.41) is 12.6. The highest BCUT2D eigenvalue weighted by molar-refractivity contribution is 5.90. The van der Waals surface area contributed by atoms with Gasteiger partial charge in [-0.25, -0.2) is 4.79 Å². The maximum atomic E-state index is 12.6. The predicted octanol–water partition coefficient (Wildman–Crippen LogP) is 2.94. The van der Waals surface area contributed by atoms with E-state index in [1.54, 1.807) is 24.2 Å². The quantitative estimate of drug-likeness (QED) is 0.896. The molecule has 1 aliphatic carbocycles. The van der Waals surface area contributed by atoms with Crippen LogP contribution in [-0.4, -0.2) is 39.7 Å². The number of carbonyl (C=O) groups excluding carboxylic acids is 1. The Balaban J connectivity index is 2.08. The first kappa shape index (κ1) is 15.8. The fourth-order valence-electron chi connectivity index (χ4n) is 2.86. The van der Waals surface area contributed by atoms with Crippen molar-refractivity contribution in [1.29, 1.82) is 0 Å². The van der Waals surface area contributed by atoms with E-state index in [-0.39, 0.29) is 12.1 Å². The minimum Gasteiger partial charge on any atom is -0.392 e. The molecule has 0 spiro atoms. The Bertz CT molecular complexity index is 470. The van der Waals surface area contributed by atoms with Crippen molar-refractivity contribution in [2.24, 2.45) is 0 Å². The van der Waals surface area contributed by atoms with Crippen molar-refractivity contribution < 1.29 is 9.90 Å². The van der Waals surface area contributed by atoms with Gasteiger partial charge in [0.15, 0.2) is 0 Å². The molecular weight excluding hydrogens is 266 g/mol. The average Bonchev–Trinajstić information content (AvgIpc) is 2.48. The lowest BCUT2D eigenvalue weighted by Gasteiger charge is -2.35. The summed E-state index contributed by atoms with van der Waals surface area (Å²) in [5.41, 5.74) is 1.72. The van der Waals surface area contributed by atoms with Crippen molar-refractivity contribution in [3.63, 3.8) is 0 Å². The molecule has 1 saturated carbocycles. The van der Waals surface area contributed by atoms with Gasteiger partial charge in [0.05, 0.1) is 18.0 Å². The van der Waals surface area contributed by atoms with Crippen molar-refractivity contribution in [3.8, 4) is 0 Å². The van der Waals surface area contributed by atoms with E-state index in [1.165, 1.54) is 6.42 Å². The lowest BCUT2D eigenvalue weighted by atomic mass is 9.94. The Morgan fingerprint density at radius 2 is 2.19 bits per heavy atom. The van der Waals surface area contributed by atoms with E-state index >= 15 is 0 Å². The van der Waals surface area contributed by atoms with E-state index in [0.29, 0.717) is 6.54 Å². The van der Waals surface area contributed by atoms with E-state index in [1.807, 2.05) is 13.0 Å². The molecule has 21 heavy (non-hydrogen) atoms. The van der Waals surface area contributed by atoms with Crippen LogP contribution in [0.4, 0.5) is 10.5 Å². The zero-order valence-corrected chi connectivity index (χ0v) is 12.9. The maximum Gasteiger partial charge on any atom is 0.322 e. The minimum atomic E-state index is -0.521. The van der Waals surface area contributed by atoms with Gasteiger partial charge in [-0.15, -0.1) is 0 Å². The molecule has 1 atom stereocenters. The van der Waals surface area contributed by atoms with Gasteiger partial charge in [-0.05, 0) is 38.3 Å². The number of pyridine rings is 1. The van der Waals surface area contributed by atoms with E-state index in [0.717, 1.165) is 36.9 Å². The van der Waals surface area contributed by atoms with Crippen LogP contribution in [0.2, 0.25) is 0 Å². The van der Waals surface area contributed by atoms with Crippen LogP contribution >= 0.6 is 0 Å². The molecule has 0 bridgehead atoms. The molecule has 2 rings (SSSR count). The lowest BCUT2D eigenvalue weighted by Crippen LogP contribution is -2.47. The second-order valence-corrected chi connectivity index (χ2v) is 5.91. The van der Waals surface area contributed by atoms with Gasteiger partial charge in [0.1, 0.15) is 0 Å². The molecule has 1 aromatic rings. The third-order valence-corrected chi connectivity index (χ3v) is 4.02. The van der Waals surface area contributed by atoms with Gasteiger partial charge in [0, 0.05) is 18.8 Å². The first-order chi connectivity index (χ1) is 10.1. The molecule has 1 heterocycles. The van der Waals surface area contributed by atoms with Crippen LogP contribution in [0.3, 0.4) is 0 Å². The number of aliphatic hydroxyl groups is 1. The molecule has 0 unspecified atom stereocenters. The molecule has 5 nitrogen and oxygen atoms in total. The highest BCUT2D eigenvalue weighted by Gasteiger charge is 2.26. The molecule has 5 heteroatoms. The molecular formula is C16H25N3O2. The number of amides is 2. The minimum absolute atomic E-state index is 0.140. The Hall–Kier alpha value is -1.62. The average molecular weight is 291 g/mol. The number of urea groups is 1. The van der Waals surface area contributed by atoms with Crippen molar-refractivity contribution in [2.45, 2.75) is 58.1 Å². The lowest BCUT2D eigenvalue weighted by molar-refractivity contribution is 0.105. The van der Waals surface area contributed by atoms with Crippen LogP contribution in [0.5, 0.6) is 0 Å². The molecule has 116 valence electrons. The SMILES string of the molecule is Cc1ccncc1NC(=O)N(C[C@@H](C)O)C1CCCCC1. The second-order valence-electron chi connectivity index (χ2n) is 5.91. The zero-order valence-electron chi connectivity index (χ0n) is 12.9. The molecule has 2 amide bonds. The molecule has 1 fully saturated rings. The van der Waals surface area contributed by atoms with Crippen molar-refractivity contribution >= 4 is 11.7 Å². The topological polar surface area (TPSA) is 65.5 Å². The zero-order chi connectivity index (χ0) is 15.2. The number of nitrogens with zero attached hydrogens (tertiary/aromatic N) is 2. The fourth-order valence-corrected chi connectivity index (χ4v) is 2.86. The molecule has 1 aliphatic rings. The summed E-state index contributed by atoms with van der Waals surface area (Å²) in [7, 11) is 0. The summed E-state index contributed by atoms with van der Waals surface area (Å²) in [6, 6.07) is 1.96. The molecule has 0 aromatic carbocycles. The van der Waals surface area contributed by atoms with Gasteiger partial charge in [-0.3, -0.25) is 4.98 Å². The Kier molecular flexibility index (Phi) is 5.56. The summed E-state index contributed by atoms with van der Waals surface area (Å²) < 4.78 is 0. The third-order valence-electron chi connectivity index (χ3n) is 4.02. The van der Waals surface area contributed by atoms with Crippen LogP contribution in [-0.2, 0) is 0 Å². The van der Waals surface area contributed by atoms with Gasteiger partial charge >= 0.3 is 6.03 Å². The van der Waals surface area contributed by atoms with Crippen molar-refractivity contribution in [3.05, 3.63) is 24.0 Å². The number of anilines is 1. The summed E-state index contributed by atoms with van der Waals surface area (Å²) in [6.45, 7) is 4.03. The largest absolute Gasteiger partial charge is 0.392 e. The number of carbonyl (C=O) groups is 1. The van der Waals surface area contributed by atoms with Crippen LogP contribution in [0.25, 0.3) is 0 Å². The van der Waals surface area contributed by atoms with E-state index in [2.05, 4.69) is 10.3 Å². The number of aryl methyl sites for hydroxylation is 1. The van der Waals surface area contributed by atoms with Gasteiger partial charge in [-0.1, -0.05) is 19.3 Å². The summed E-state index contributed by atoms with van der Waals surface area (Å²) in [5.74, 6) is 0. The van der Waals surface area contributed by atoms with Crippen LogP contribution < -0.4 is 5.32 Å². The Morgan fingerprint density at radius 1 is 1.48 bits per heavy atom. The smallest absolute Gasteiger partial charge is 0.322 e. The van der Waals surface area contributed by atoms with Gasteiger partial charge in [-0.2, -0.15) is 0 Å². The summed E-state index contributed by atoms with van der Waals surface area (Å²) >= 11 is 0. The number of rotatable bonds is 4. The van der Waals surface area contributed by atoms with Crippen molar-refractivity contribution in [2.75, 3.05) is 11.9 Å². The normalized spacial score (nSPS) is 17.3. The van der Waals surface area contributed by atoms with Crippen LogP contribution in [0.1, 0.15) is 44.6 Å². The monoisotopic (exact) mass is 291 g/mol. The standard InChI is InChI=1S/C16H25N3O2/c1-12-8-9-17-10-15(12)18-16(21)19(11-13(2)20)14-6-4-3-5-7-14/h8-10,13-14,20H,3-7,11H2,1-2H3,(H,18,21)/t13-/m1/s1. The number of hydrogen-bond donors (Lipinski definition) is 2. The number of aromatic nitrogens is 1. The first-order valence-corrected chi connectivity index (χ1v) is 7.74. The van der Waals surface area contributed by atoms with Gasteiger partial charge in [0.25, 0.3) is 0 Å². The van der Waals surface area contributed by atoms with Crippen molar-refractivity contribution in [1.82, 2.24) is 9.88 Å². The number of hydrogen-bond acceptors (Lipinski definition) is 3. The fraction of sp³-hybridized carbons (Fsp3) is 0.625. The van der Waals surface area contributed by atoms with E-state index in [9.17, 15) is 9.90 Å². The van der Waals surface area contributed by atoms with E-state index < -0.39 is 6.10 Å².